The van der Waals surface area contributed by atoms with Gasteiger partial charge in [-0.1, -0.05) is 28.9 Å². The number of nitrogens with zero attached hydrogens (tertiary/aromatic N) is 2. The first-order valence-corrected chi connectivity index (χ1v) is 8.20. The van der Waals surface area contributed by atoms with Gasteiger partial charge in [0.25, 0.3) is 5.91 Å². The molecule has 2 unspecified atom stereocenters. The number of carbonyl (C=O) groups is 1. The molecule has 0 spiro atoms. The van der Waals surface area contributed by atoms with Crippen molar-refractivity contribution < 1.29 is 9.32 Å². The number of aromatic nitrogens is 1. The fourth-order valence-electron chi connectivity index (χ4n) is 2.94. The zero-order valence-corrected chi connectivity index (χ0v) is 13.8. The topological polar surface area (TPSA) is 72.4 Å². The lowest BCUT2D eigenvalue weighted by Crippen LogP contribution is -2.44. The molecule has 0 radical (unpaired) electrons. The Bertz CT molecular complexity index is 699. The lowest BCUT2D eigenvalue weighted by Gasteiger charge is -2.34. The highest BCUT2D eigenvalue weighted by Crippen LogP contribution is 2.25. The summed E-state index contributed by atoms with van der Waals surface area (Å²) >= 11 is 5.99. The maximum Gasteiger partial charge on any atom is 0.292 e. The molecule has 0 bridgehead atoms. The molecule has 5 nitrogen and oxygen atoms in total. The predicted molar refractivity (Wildman–Crippen MR) is 89.2 cm³/mol. The number of benzene rings is 1. The number of likely N-dealkylation sites (tertiary alicyclic amines) is 1. The number of hydrogen-bond donors (Lipinski definition) is 1. The van der Waals surface area contributed by atoms with Gasteiger partial charge in [-0.05, 0) is 37.8 Å². The van der Waals surface area contributed by atoms with Crippen LogP contribution in [0.15, 0.2) is 34.9 Å². The molecule has 1 aliphatic rings. The molecule has 1 fully saturated rings. The summed E-state index contributed by atoms with van der Waals surface area (Å²) < 4.78 is 5.25. The Hall–Kier alpha value is -1.85. The molecule has 1 saturated heterocycles. The van der Waals surface area contributed by atoms with Gasteiger partial charge in [-0.15, -0.1) is 0 Å². The van der Waals surface area contributed by atoms with E-state index in [0.717, 1.165) is 24.9 Å². The molecule has 1 aromatic carbocycles. The largest absolute Gasteiger partial charge is 0.350 e. The Balaban J connectivity index is 1.76. The number of carbonyl (C=O) groups excluding carboxylic acids is 1. The molecule has 1 amide bonds. The van der Waals surface area contributed by atoms with Crippen molar-refractivity contribution in [2.24, 2.45) is 11.7 Å². The Morgan fingerprint density at radius 1 is 1.48 bits per heavy atom. The van der Waals surface area contributed by atoms with E-state index >= 15 is 0 Å². The highest BCUT2D eigenvalue weighted by Gasteiger charge is 2.28. The van der Waals surface area contributed by atoms with E-state index in [9.17, 15) is 4.79 Å². The summed E-state index contributed by atoms with van der Waals surface area (Å²) in [5.41, 5.74) is 7.41. The van der Waals surface area contributed by atoms with Gasteiger partial charge in [0, 0.05) is 35.8 Å². The summed E-state index contributed by atoms with van der Waals surface area (Å²) in [7, 11) is 0. The van der Waals surface area contributed by atoms with Crippen LogP contribution < -0.4 is 5.73 Å². The molecule has 23 heavy (non-hydrogen) atoms. The van der Waals surface area contributed by atoms with Gasteiger partial charge in [0.2, 0.25) is 5.76 Å². The molecule has 0 aliphatic carbocycles. The molecule has 122 valence electrons. The summed E-state index contributed by atoms with van der Waals surface area (Å²) in [6.07, 6.45) is 2.03. The van der Waals surface area contributed by atoms with Gasteiger partial charge in [-0.3, -0.25) is 4.79 Å². The lowest BCUT2D eigenvalue weighted by molar-refractivity contribution is 0.0619. The molecule has 3 rings (SSSR count). The van der Waals surface area contributed by atoms with Crippen molar-refractivity contribution in [1.29, 1.82) is 0 Å². The predicted octanol–water partition coefficient (Wildman–Crippen LogP) is 3.19. The van der Waals surface area contributed by atoms with E-state index in [1.54, 1.807) is 23.1 Å². The molecule has 6 heteroatoms. The Morgan fingerprint density at radius 2 is 2.30 bits per heavy atom. The normalized spacial score (nSPS) is 19.6. The first kappa shape index (κ1) is 16.0. The van der Waals surface area contributed by atoms with Crippen LogP contribution in [0.1, 0.15) is 30.3 Å². The lowest BCUT2D eigenvalue weighted by atomic mass is 9.92. The van der Waals surface area contributed by atoms with E-state index in [2.05, 4.69) is 5.16 Å². The number of nitrogens with two attached hydrogens (primary N) is 1. The van der Waals surface area contributed by atoms with Crippen LogP contribution in [0, 0.1) is 5.92 Å². The highest BCUT2D eigenvalue weighted by molar-refractivity contribution is 6.30. The molecular weight excluding hydrogens is 314 g/mol. The fraction of sp³-hybridized carbons (Fsp3) is 0.412. The molecule has 2 heterocycles. The van der Waals surface area contributed by atoms with Crippen LogP contribution in [0.4, 0.5) is 0 Å². The third-order valence-corrected chi connectivity index (χ3v) is 4.57. The monoisotopic (exact) mass is 333 g/mol. The summed E-state index contributed by atoms with van der Waals surface area (Å²) in [5.74, 6) is 0.462. The summed E-state index contributed by atoms with van der Waals surface area (Å²) in [5, 5.41) is 4.61. The van der Waals surface area contributed by atoms with Gasteiger partial charge in [-0.25, -0.2) is 0 Å². The van der Waals surface area contributed by atoms with Gasteiger partial charge in [0.1, 0.15) is 5.69 Å². The Morgan fingerprint density at radius 3 is 3.04 bits per heavy atom. The van der Waals surface area contributed by atoms with Crippen molar-refractivity contribution in [3.63, 3.8) is 0 Å². The van der Waals surface area contributed by atoms with Gasteiger partial charge in [-0.2, -0.15) is 0 Å². The average Bonchev–Trinajstić information content (AvgIpc) is 3.04. The second-order valence-corrected chi connectivity index (χ2v) is 6.54. The van der Waals surface area contributed by atoms with Gasteiger partial charge < -0.3 is 15.2 Å². The van der Waals surface area contributed by atoms with E-state index in [1.807, 2.05) is 19.1 Å². The minimum Gasteiger partial charge on any atom is -0.350 e. The molecule has 1 aliphatic heterocycles. The Labute approximate surface area is 140 Å². The third kappa shape index (κ3) is 3.57. The van der Waals surface area contributed by atoms with Crippen molar-refractivity contribution in [1.82, 2.24) is 10.1 Å². The molecule has 1 aromatic heterocycles. The molecule has 2 N–H and O–H groups in total. The van der Waals surface area contributed by atoms with Crippen LogP contribution in [-0.4, -0.2) is 35.1 Å². The van der Waals surface area contributed by atoms with Crippen LogP contribution >= 0.6 is 11.6 Å². The first-order chi connectivity index (χ1) is 11.0. The smallest absolute Gasteiger partial charge is 0.292 e. The van der Waals surface area contributed by atoms with Crippen molar-refractivity contribution in [3.8, 4) is 11.3 Å². The zero-order valence-electron chi connectivity index (χ0n) is 13.0. The number of amides is 1. The third-order valence-electron chi connectivity index (χ3n) is 4.33. The average molecular weight is 334 g/mol. The molecule has 2 aromatic rings. The van der Waals surface area contributed by atoms with Gasteiger partial charge in [0.05, 0.1) is 0 Å². The van der Waals surface area contributed by atoms with E-state index in [-0.39, 0.29) is 17.7 Å². The summed E-state index contributed by atoms with van der Waals surface area (Å²) in [6.45, 7) is 3.39. The number of halogens is 1. The second kappa shape index (κ2) is 6.72. The van der Waals surface area contributed by atoms with Gasteiger partial charge >= 0.3 is 0 Å². The second-order valence-electron chi connectivity index (χ2n) is 6.10. The molecule has 2 atom stereocenters. The summed E-state index contributed by atoms with van der Waals surface area (Å²) in [6, 6.07) is 9.06. The van der Waals surface area contributed by atoms with E-state index < -0.39 is 0 Å². The number of hydrogen-bond acceptors (Lipinski definition) is 4. The Kier molecular flexibility index (Phi) is 4.68. The van der Waals surface area contributed by atoms with Crippen molar-refractivity contribution in [2.45, 2.75) is 25.8 Å². The minimum absolute atomic E-state index is 0.0855. The maximum absolute atomic E-state index is 12.6. The van der Waals surface area contributed by atoms with Crippen molar-refractivity contribution >= 4 is 17.5 Å². The molecular formula is C17H20ClN3O2. The van der Waals surface area contributed by atoms with Crippen molar-refractivity contribution in [3.05, 3.63) is 41.1 Å². The van der Waals surface area contributed by atoms with E-state index in [1.165, 1.54) is 0 Å². The van der Waals surface area contributed by atoms with Gasteiger partial charge in [0.15, 0.2) is 0 Å². The fourth-order valence-corrected chi connectivity index (χ4v) is 3.13. The molecule has 0 saturated carbocycles. The van der Waals surface area contributed by atoms with E-state index in [0.29, 0.717) is 23.2 Å². The van der Waals surface area contributed by atoms with Crippen LogP contribution in [0.25, 0.3) is 11.3 Å². The van der Waals surface area contributed by atoms with Crippen LogP contribution in [0.3, 0.4) is 0 Å². The number of rotatable bonds is 3. The first-order valence-electron chi connectivity index (χ1n) is 7.82. The van der Waals surface area contributed by atoms with Crippen LogP contribution in [0.5, 0.6) is 0 Å². The maximum atomic E-state index is 12.6. The number of piperidine rings is 1. The van der Waals surface area contributed by atoms with Crippen LogP contribution in [0.2, 0.25) is 5.02 Å². The quantitative estimate of drug-likeness (QED) is 0.936. The summed E-state index contributed by atoms with van der Waals surface area (Å²) in [4.78, 5) is 14.4. The van der Waals surface area contributed by atoms with Crippen LogP contribution in [-0.2, 0) is 0 Å². The SMILES string of the molecule is CC(N)C1CCCN(C(=O)c2cc(-c3cccc(Cl)c3)no2)C1. The van der Waals surface area contributed by atoms with E-state index in [4.69, 9.17) is 21.9 Å². The standard InChI is InChI=1S/C17H20ClN3O2/c1-11(19)13-5-3-7-21(10-13)17(22)16-9-15(20-23-16)12-4-2-6-14(18)8-12/h2,4,6,8-9,11,13H,3,5,7,10,19H2,1H3. The zero-order chi connectivity index (χ0) is 16.4. The minimum atomic E-state index is -0.129. The van der Waals surface area contributed by atoms with Crippen molar-refractivity contribution in [2.75, 3.05) is 13.1 Å². The highest BCUT2D eigenvalue weighted by atomic mass is 35.5.